The molecule has 0 unspecified atom stereocenters. The van der Waals surface area contributed by atoms with Crippen LogP contribution in [0.2, 0.25) is 0 Å². The number of thiazole rings is 1. The number of fused-ring (bicyclic) bond motifs is 1. The van der Waals surface area contributed by atoms with Gasteiger partial charge in [0.05, 0.1) is 10.2 Å². The van der Waals surface area contributed by atoms with Crippen molar-refractivity contribution in [3.05, 3.63) is 41.3 Å². The van der Waals surface area contributed by atoms with Crippen LogP contribution in [0.25, 0.3) is 10.2 Å². The molecule has 1 saturated heterocycles. The van der Waals surface area contributed by atoms with Crippen LogP contribution in [-0.2, 0) is 14.8 Å². The number of carbonyl (C=O) groups excluding carboxylic acids is 1. The zero-order valence-corrected chi connectivity index (χ0v) is 21.7. The maximum Gasteiger partial charge on any atom is 0.252 e. The molecule has 33 heavy (non-hydrogen) atoms. The molecule has 0 atom stereocenters. The molecule has 3 aromatic rings. The quantitative estimate of drug-likeness (QED) is 0.461. The summed E-state index contributed by atoms with van der Waals surface area (Å²) in [5, 5.41) is 2.51. The van der Waals surface area contributed by atoms with Crippen molar-refractivity contribution < 1.29 is 13.2 Å². The highest BCUT2D eigenvalue weighted by Crippen LogP contribution is 2.33. The first kappa shape index (κ1) is 24.3. The second kappa shape index (κ2) is 10.2. The Labute approximate surface area is 203 Å². The monoisotopic (exact) mass is 506 g/mol. The van der Waals surface area contributed by atoms with E-state index in [4.69, 9.17) is 4.98 Å². The van der Waals surface area contributed by atoms with Gasteiger partial charge in [-0.05, 0) is 69.9 Å². The van der Waals surface area contributed by atoms with E-state index in [9.17, 15) is 13.2 Å². The van der Waals surface area contributed by atoms with Crippen LogP contribution >= 0.6 is 22.7 Å². The molecule has 178 valence electrons. The fourth-order valence-corrected chi connectivity index (χ4v) is 7.83. The van der Waals surface area contributed by atoms with Crippen molar-refractivity contribution in [2.24, 2.45) is 5.92 Å². The number of aromatic nitrogens is 1. The second-order valence-corrected chi connectivity index (χ2v) is 12.8. The maximum atomic E-state index is 13.6. The number of carbonyl (C=O) groups is 1. The van der Waals surface area contributed by atoms with Gasteiger partial charge in [0, 0.05) is 25.6 Å². The summed E-state index contributed by atoms with van der Waals surface area (Å²) in [6.45, 7) is 4.24. The number of anilines is 1. The van der Waals surface area contributed by atoms with Crippen LogP contribution in [0.3, 0.4) is 0 Å². The van der Waals surface area contributed by atoms with Gasteiger partial charge in [0.25, 0.3) is 10.0 Å². The number of sulfonamides is 1. The topological polar surface area (TPSA) is 73.8 Å². The molecule has 2 aromatic heterocycles. The third-order valence-electron chi connectivity index (χ3n) is 5.99. The van der Waals surface area contributed by atoms with Gasteiger partial charge in [0.2, 0.25) is 5.91 Å². The van der Waals surface area contributed by atoms with Gasteiger partial charge in [-0.1, -0.05) is 29.5 Å². The maximum absolute atomic E-state index is 13.6. The molecule has 0 saturated carbocycles. The molecule has 0 bridgehead atoms. The van der Waals surface area contributed by atoms with Crippen molar-refractivity contribution in [1.82, 2.24) is 14.2 Å². The smallest absolute Gasteiger partial charge is 0.252 e. The zero-order valence-electron chi connectivity index (χ0n) is 19.2. The second-order valence-electron chi connectivity index (χ2n) is 8.68. The molecule has 1 aliphatic rings. The number of piperidine rings is 1. The standard InChI is InChI=1S/C23H30N4O3S3/c1-17-7-4-8-19-21(17)24-23(32-19)27(13-6-12-25(2)3)22(28)18-10-14-26(15-11-18)33(29,30)20-9-5-16-31-20/h4-5,7-9,16,18H,6,10-15H2,1-3H3. The van der Waals surface area contributed by atoms with E-state index in [0.29, 0.717) is 36.7 Å². The molecule has 1 amide bonds. The van der Waals surface area contributed by atoms with E-state index in [0.717, 1.165) is 33.9 Å². The number of thiophene rings is 1. The first-order chi connectivity index (χ1) is 15.8. The summed E-state index contributed by atoms with van der Waals surface area (Å²) in [5.41, 5.74) is 2.04. The number of amides is 1. The first-order valence-electron chi connectivity index (χ1n) is 11.1. The Kier molecular flexibility index (Phi) is 7.49. The minimum Gasteiger partial charge on any atom is -0.309 e. The highest BCUT2D eigenvalue weighted by atomic mass is 32.2. The lowest BCUT2D eigenvalue weighted by Crippen LogP contribution is -2.45. The number of benzene rings is 1. The fraction of sp³-hybridized carbons (Fsp3) is 0.478. The van der Waals surface area contributed by atoms with Crippen molar-refractivity contribution in [3.63, 3.8) is 0 Å². The van der Waals surface area contributed by atoms with Crippen LogP contribution in [0, 0.1) is 12.8 Å². The lowest BCUT2D eigenvalue weighted by Gasteiger charge is -2.32. The Morgan fingerprint density at radius 1 is 1.15 bits per heavy atom. The Balaban J connectivity index is 1.51. The van der Waals surface area contributed by atoms with Gasteiger partial charge >= 0.3 is 0 Å². The minimum absolute atomic E-state index is 0.0543. The van der Waals surface area contributed by atoms with Crippen molar-refractivity contribution >= 4 is 54.0 Å². The molecule has 0 aliphatic carbocycles. The number of para-hydroxylation sites is 1. The van der Waals surface area contributed by atoms with E-state index >= 15 is 0 Å². The van der Waals surface area contributed by atoms with Crippen molar-refractivity contribution in [2.45, 2.75) is 30.4 Å². The molecule has 0 radical (unpaired) electrons. The molecule has 1 aliphatic heterocycles. The molecule has 1 aromatic carbocycles. The Morgan fingerprint density at radius 3 is 2.55 bits per heavy atom. The molecule has 10 heteroatoms. The van der Waals surface area contributed by atoms with E-state index in [1.165, 1.54) is 15.6 Å². The van der Waals surface area contributed by atoms with Gasteiger partial charge < -0.3 is 4.90 Å². The number of hydrogen-bond acceptors (Lipinski definition) is 7. The first-order valence-corrected chi connectivity index (χ1v) is 14.3. The molecular weight excluding hydrogens is 476 g/mol. The van der Waals surface area contributed by atoms with E-state index in [2.05, 4.69) is 4.90 Å². The lowest BCUT2D eigenvalue weighted by atomic mass is 9.96. The molecule has 0 spiro atoms. The summed E-state index contributed by atoms with van der Waals surface area (Å²) in [6.07, 6.45) is 1.90. The number of rotatable bonds is 8. The average molecular weight is 507 g/mol. The predicted octanol–water partition coefficient (Wildman–Crippen LogP) is 4.05. The summed E-state index contributed by atoms with van der Waals surface area (Å²) in [4.78, 5) is 22.4. The normalized spacial score (nSPS) is 16.0. The highest BCUT2D eigenvalue weighted by molar-refractivity contribution is 7.91. The van der Waals surface area contributed by atoms with Crippen molar-refractivity contribution in [1.29, 1.82) is 0 Å². The molecule has 4 rings (SSSR count). The SMILES string of the molecule is Cc1cccc2sc(N(CCCN(C)C)C(=O)C3CCN(S(=O)(=O)c4cccs4)CC3)nc12. The third kappa shape index (κ3) is 5.30. The Bertz CT molecular complexity index is 1200. The van der Waals surface area contributed by atoms with Gasteiger partial charge in [-0.2, -0.15) is 4.31 Å². The third-order valence-corrected chi connectivity index (χ3v) is 10.3. The minimum atomic E-state index is -3.47. The van der Waals surface area contributed by atoms with Gasteiger partial charge in [-0.3, -0.25) is 9.69 Å². The van der Waals surface area contributed by atoms with Gasteiger partial charge in [0.1, 0.15) is 4.21 Å². The number of hydrogen-bond donors (Lipinski definition) is 0. The van der Waals surface area contributed by atoms with Crippen LogP contribution in [0.5, 0.6) is 0 Å². The molecule has 3 heterocycles. The van der Waals surface area contributed by atoms with Crippen molar-refractivity contribution in [2.75, 3.05) is 45.2 Å². The van der Waals surface area contributed by atoms with Crippen LogP contribution in [0.15, 0.2) is 39.9 Å². The summed E-state index contributed by atoms with van der Waals surface area (Å²) in [5.74, 6) is -0.147. The fourth-order valence-electron chi connectivity index (χ4n) is 4.14. The number of aryl methyl sites for hydroxylation is 1. The van der Waals surface area contributed by atoms with E-state index in [1.54, 1.807) is 28.8 Å². The van der Waals surface area contributed by atoms with E-state index in [1.807, 2.05) is 44.1 Å². The average Bonchev–Trinajstić information content (AvgIpc) is 3.47. The predicted molar refractivity (Wildman–Crippen MR) is 136 cm³/mol. The van der Waals surface area contributed by atoms with Crippen LogP contribution in [0.4, 0.5) is 5.13 Å². The largest absolute Gasteiger partial charge is 0.309 e. The summed E-state index contributed by atoms with van der Waals surface area (Å²) >= 11 is 2.78. The lowest BCUT2D eigenvalue weighted by molar-refractivity contribution is -0.123. The molecule has 0 N–H and O–H groups in total. The molecule has 7 nitrogen and oxygen atoms in total. The summed E-state index contributed by atoms with van der Waals surface area (Å²) in [7, 11) is 0.575. The van der Waals surface area contributed by atoms with E-state index in [-0.39, 0.29) is 11.8 Å². The molecule has 1 fully saturated rings. The van der Waals surface area contributed by atoms with E-state index < -0.39 is 10.0 Å². The summed E-state index contributed by atoms with van der Waals surface area (Å²) in [6, 6.07) is 9.48. The van der Waals surface area contributed by atoms with Gasteiger partial charge in [-0.15, -0.1) is 11.3 Å². The van der Waals surface area contributed by atoms with Gasteiger partial charge in [0.15, 0.2) is 5.13 Å². The Morgan fingerprint density at radius 2 is 1.91 bits per heavy atom. The zero-order chi connectivity index (χ0) is 23.6. The number of nitrogens with zero attached hydrogens (tertiary/aromatic N) is 4. The van der Waals surface area contributed by atoms with Crippen LogP contribution in [-0.4, -0.2) is 68.8 Å². The van der Waals surface area contributed by atoms with Crippen LogP contribution in [0.1, 0.15) is 24.8 Å². The van der Waals surface area contributed by atoms with Gasteiger partial charge in [-0.25, -0.2) is 13.4 Å². The van der Waals surface area contributed by atoms with Crippen LogP contribution < -0.4 is 4.90 Å². The van der Waals surface area contributed by atoms with Crippen molar-refractivity contribution in [3.8, 4) is 0 Å². The molecular formula is C23H30N4O3S3. The Hall–Kier alpha value is -1.85. The summed E-state index contributed by atoms with van der Waals surface area (Å²) < 4.78 is 28.6. The highest BCUT2D eigenvalue weighted by Gasteiger charge is 2.35.